The van der Waals surface area contributed by atoms with Crippen molar-refractivity contribution in [3.8, 4) is 0 Å². The number of nitrogens with one attached hydrogen (secondary N) is 1. The highest BCUT2D eigenvalue weighted by Gasteiger charge is 2.26. The van der Waals surface area contributed by atoms with Gasteiger partial charge in [-0.2, -0.15) is 0 Å². The number of aromatic nitrogens is 1. The summed E-state index contributed by atoms with van der Waals surface area (Å²) in [4.78, 5) is 21.2. The molecular weight excluding hydrogens is 264 g/mol. The van der Waals surface area contributed by atoms with Crippen LogP contribution < -0.4 is 5.32 Å². The van der Waals surface area contributed by atoms with Gasteiger partial charge in [-0.15, -0.1) is 0 Å². The molecule has 1 atom stereocenters. The molecule has 1 amide bonds. The van der Waals surface area contributed by atoms with Crippen LogP contribution >= 0.6 is 0 Å². The van der Waals surface area contributed by atoms with Gasteiger partial charge >= 0.3 is 0 Å². The fourth-order valence-electron chi connectivity index (χ4n) is 2.77. The Labute approximate surface area is 127 Å². The molecule has 116 valence electrons. The van der Waals surface area contributed by atoms with E-state index in [0.717, 1.165) is 38.9 Å². The number of piperidine rings is 1. The smallest absolute Gasteiger partial charge is 0.257 e. The van der Waals surface area contributed by atoms with Crippen molar-refractivity contribution in [1.29, 1.82) is 0 Å². The Bertz CT molecular complexity index is 477. The van der Waals surface area contributed by atoms with Crippen molar-refractivity contribution in [1.82, 2.24) is 14.8 Å². The molecule has 21 heavy (non-hydrogen) atoms. The Morgan fingerprint density at radius 3 is 3.10 bits per heavy atom. The topological polar surface area (TPSA) is 48.5 Å². The quantitative estimate of drug-likeness (QED) is 0.902. The second-order valence-corrected chi connectivity index (χ2v) is 5.80. The molecule has 0 aliphatic carbocycles. The minimum atomic E-state index is 0.0574. The first-order valence-corrected chi connectivity index (χ1v) is 7.78. The molecule has 0 aromatic carbocycles. The zero-order valence-corrected chi connectivity index (χ0v) is 13.3. The number of hydrogen-bond acceptors (Lipinski definition) is 4. The summed E-state index contributed by atoms with van der Waals surface area (Å²) in [5.74, 6) is 0.752. The summed E-state index contributed by atoms with van der Waals surface area (Å²) >= 11 is 0. The maximum atomic E-state index is 12.8. The molecule has 0 radical (unpaired) electrons. The number of hydrogen-bond donors (Lipinski definition) is 1. The molecule has 0 saturated carbocycles. The summed E-state index contributed by atoms with van der Waals surface area (Å²) in [7, 11) is 4.02. The first-order chi connectivity index (χ1) is 10.1. The standard InChI is InChI=1S/C16H26N4O/c1-4-9-17-15-14(8-5-10-18-15)16(21)20(3)13-7-6-11-19(2)12-13/h5,8,10,13H,4,6-7,9,11-12H2,1-3H3,(H,17,18). The van der Waals surface area contributed by atoms with Crippen LogP contribution in [-0.4, -0.2) is 60.5 Å². The van der Waals surface area contributed by atoms with E-state index in [9.17, 15) is 4.79 Å². The predicted octanol–water partition coefficient (Wildman–Crippen LogP) is 2.07. The average molecular weight is 290 g/mol. The summed E-state index contributed by atoms with van der Waals surface area (Å²) in [5.41, 5.74) is 0.668. The molecule has 2 rings (SSSR count). The van der Waals surface area contributed by atoms with Gasteiger partial charge in [-0.05, 0) is 45.0 Å². The monoisotopic (exact) mass is 290 g/mol. The Kier molecular flexibility index (Phi) is 5.56. The molecule has 1 N–H and O–H groups in total. The lowest BCUT2D eigenvalue weighted by atomic mass is 10.0. The van der Waals surface area contributed by atoms with Crippen molar-refractivity contribution in [3.05, 3.63) is 23.9 Å². The lowest BCUT2D eigenvalue weighted by molar-refractivity contribution is 0.0644. The van der Waals surface area contributed by atoms with Crippen molar-refractivity contribution >= 4 is 11.7 Å². The normalized spacial score (nSPS) is 19.3. The highest BCUT2D eigenvalue weighted by molar-refractivity contribution is 5.98. The third-order valence-corrected chi connectivity index (χ3v) is 4.05. The zero-order valence-electron chi connectivity index (χ0n) is 13.3. The van der Waals surface area contributed by atoms with Crippen LogP contribution in [0.4, 0.5) is 5.82 Å². The van der Waals surface area contributed by atoms with Gasteiger partial charge in [-0.3, -0.25) is 4.79 Å². The minimum Gasteiger partial charge on any atom is -0.369 e. The lowest BCUT2D eigenvalue weighted by Crippen LogP contribution is -2.47. The Balaban J connectivity index is 2.11. The largest absolute Gasteiger partial charge is 0.369 e. The first kappa shape index (κ1) is 15.8. The van der Waals surface area contributed by atoms with Gasteiger partial charge in [-0.1, -0.05) is 6.92 Å². The van der Waals surface area contributed by atoms with E-state index in [2.05, 4.69) is 29.2 Å². The molecule has 1 aromatic heterocycles. The second-order valence-electron chi connectivity index (χ2n) is 5.80. The van der Waals surface area contributed by atoms with Crippen molar-refractivity contribution in [3.63, 3.8) is 0 Å². The highest BCUT2D eigenvalue weighted by atomic mass is 16.2. The Morgan fingerprint density at radius 1 is 1.57 bits per heavy atom. The number of carbonyl (C=O) groups is 1. The van der Waals surface area contributed by atoms with Gasteiger partial charge in [0.2, 0.25) is 0 Å². The van der Waals surface area contributed by atoms with E-state index < -0.39 is 0 Å². The Morgan fingerprint density at radius 2 is 2.38 bits per heavy atom. The molecular formula is C16H26N4O. The zero-order chi connectivity index (χ0) is 15.2. The van der Waals surface area contributed by atoms with E-state index in [-0.39, 0.29) is 11.9 Å². The number of amides is 1. The second kappa shape index (κ2) is 7.41. The van der Waals surface area contributed by atoms with Crippen molar-refractivity contribution in [2.24, 2.45) is 0 Å². The molecule has 1 aliphatic heterocycles. The molecule has 1 unspecified atom stereocenters. The molecule has 0 spiro atoms. The molecule has 0 bridgehead atoms. The minimum absolute atomic E-state index is 0.0574. The van der Waals surface area contributed by atoms with Crippen LogP contribution in [0.5, 0.6) is 0 Å². The Hall–Kier alpha value is -1.62. The summed E-state index contributed by atoms with van der Waals surface area (Å²) in [6.07, 6.45) is 4.95. The van der Waals surface area contributed by atoms with Crippen LogP contribution in [0.25, 0.3) is 0 Å². The SMILES string of the molecule is CCCNc1ncccc1C(=O)N(C)C1CCCN(C)C1. The molecule has 1 fully saturated rings. The number of likely N-dealkylation sites (N-methyl/N-ethyl adjacent to an activating group) is 2. The van der Waals surface area contributed by atoms with Crippen LogP contribution in [0.3, 0.4) is 0 Å². The highest BCUT2D eigenvalue weighted by Crippen LogP contribution is 2.19. The van der Waals surface area contributed by atoms with Crippen LogP contribution in [0.15, 0.2) is 18.3 Å². The number of rotatable bonds is 5. The van der Waals surface area contributed by atoms with E-state index in [0.29, 0.717) is 11.4 Å². The van der Waals surface area contributed by atoms with Crippen molar-refractivity contribution in [2.45, 2.75) is 32.2 Å². The fourth-order valence-corrected chi connectivity index (χ4v) is 2.77. The molecule has 1 aliphatic rings. The predicted molar refractivity (Wildman–Crippen MR) is 85.6 cm³/mol. The maximum absolute atomic E-state index is 12.8. The van der Waals surface area contributed by atoms with Gasteiger partial charge in [0.25, 0.3) is 5.91 Å². The van der Waals surface area contributed by atoms with Gasteiger partial charge < -0.3 is 15.1 Å². The lowest BCUT2D eigenvalue weighted by Gasteiger charge is -2.36. The fraction of sp³-hybridized carbons (Fsp3) is 0.625. The van der Waals surface area contributed by atoms with Gasteiger partial charge in [0, 0.05) is 32.4 Å². The van der Waals surface area contributed by atoms with Crippen LogP contribution in [0.1, 0.15) is 36.5 Å². The van der Waals surface area contributed by atoms with Crippen molar-refractivity contribution < 1.29 is 4.79 Å². The van der Waals surface area contributed by atoms with Crippen LogP contribution in [0, 0.1) is 0 Å². The molecule has 5 nitrogen and oxygen atoms in total. The first-order valence-electron chi connectivity index (χ1n) is 7.78. The van der Waals surface area contributed by atoms with Gasteiger partial charge in [-0.25, -0.2) is 4.98 Å². The summed E-state index contributed by atoms with van der Waals surface area (Å²) in [6.45, 7) is 4.99. The third-order valence-electron chi connectivity index (χ3n) is 4.05. The molecule has 1 aromatic rings. The van der Waals surface area contributed by atoms with E-state index >= 15 is 0 Å². The summed E-state index contributed by atoms with van der Waals surface area (Å²) in [6, 6.07) is 3.97. The number of anilines is 1. The average Bonchev–Trinajstić information content (AvgIpc) is 2.51. The summed E-state index contributed by atoms with van der Waals surface area (Å²) < 4.78 is 0. The number of likely N-dealkylation sites (tertiary alicyclic amines) is 1. The third kappa shape index (κ3) is 3.94. The van der Waals surface area contributed by atoms with Gasteiger partial charge in [0.15, 0.2) is 0 Å². The van der Waals surface area contributed by atoms with Crippen molar-refractivity contribution in [2.75, 3.05) is 39.0 Å². The molecule has 2 heterocycles. The number of carbonyl (C=O) groups excluding carboxylic acids is 1. The van der Waals surface area contributed by atoms with E-state index in [4.69, 9.17) is 0 Å². The van der Waals surface area contributed by atoms with E-state index in [1.54, 1.807) is 6.20 Å². The van der Waals surface area contributed by atoms with Crippen LogP contribution in [-0.2, 0) is 0 Å². The number of pyridine rings is 1. The molecule has 5 heteroatoms. The maximum Gasteiger partial charge on any atom is 0.257 e. The van der Waals surface area contributed by atoms with E-state index in [1.165, 1.54) is 0 Å². The van der Waals surface area contributed by atoms with E-state index in [1.807, 2.05) is 24.1 Å². The number of nitrogens with zero attached hydrogens (tertiary/aromatic N) is 3. The summed E-state index contributed by atoms with van der Waals surface area (Å²) in [5, 5.41) is 3.24. The van der Waals surface area contributed by atoms with Crippen LogP contribution in [0.2, 0.25) is 0 Å². The molecule has 1 saturated heterocycles. The van der Waals surface area contributed by atoms with Gasteiger partial charge in [0.05, 0.1) is 5.56 Å². The van der Waals surface area contributed by atoms with Gasteiger partial charge in [0.1, 0.15) is 5.82 Å².